The highest BCUT2D eigenvalue weighted by Crippen LogP contribution is 2.39. The number of rotatable bonds is 1. The molecule has 3 unspecified atom stereocenters. The Morgan fingerprint density at radius 3 is 3.19 bits per heavy atom. The second kappa shape index (κ2) is 4.51. The summed E-state index contributed by atoms with van der Waals surface area (Å²) in [7, 11) is 0. The van der Waals surface area contributed by atoms with Gasteiger partial charge in [0.2, 0.25) is 5.28 Å². The highest BCUT2D eigenvalue weighted by molar-refractivity contribution is 6.28. The lowest BCUT2D eigenvalue weighted by molar-refractivity contribution is -0.191. The van der Waals surface area contributed by atoms with Gasteiger partial charge in [-0.3, -0.25) is 14.3 Å². The molecule has 9 heteroatoms. The van der Waals surface area contributed by atoms with Crippen LogP contribution in [0.1, 0.15) is 13.3 Å². The van der Waals surface area contributed by atoms with Gasteiger partial charge in [-0.1, -0.05) is 0 Å². The van der Waals surface area contributed by atoms with Crippen LogP contribution in [0.3, 0.4) is 0 Å². The molecule has 3 atom stereocenters. The van der Waals surface area contributed by atoms with E-state index in [2.05, 4.69) is 15.0 Å². The van der Waals surface area contributed by atoms with Gasteiger partial charge in [0.1, 0.15) is 18.6 Å². The monoisotopic (exact) mass is 312 g/mol. The molecule has 8 nitrogen and oxygen atoms in total. The van der Waals surface area contributed by atoms with Crippen LogP contribution in [0.5, 0.6) is 0 Å². The summed E-state index contributed by atoms with van der Waals surface area (Å²) in [6, 6.07) is 0. The second-order valence-electron chi connectivity index (χ2n) is 5.37. The van der Waals surface area contributed by atoms with Gasteiger partial charge < -0.3 is 14.2 Å². The Morgan fingerprint density at radius 1 is 1.52 bits per heavy atom. The van der Waals surface area contributed by atoms with Crippen LogP contribution in [0.4, 0.5) is 0 Å². The summed E-state index contributed by atoms with van der Waals surface area (Å²) in [5.74, 6) is 0. The van der Waals surface area contributed by atoms with Crippen molar-refractivity contribution in [3.63, 3.8) is 0 Å². The Morgan fingerprint density at radius 2 is 2.38 bits per heavy atom. The molecule has 2 aromatic heterocycles. The zero-order chi connectivity index (χ0) is 14.6. The molecule has 0 aromatic carbocycles. The third-order valence-corrected chi connectivity index (χ3v) is 4.11. The number of aromatic amines is 1. The average Bonchev–Trinajstić information content (AvgIpc) is 2.99. The maximum Gasteiger partial charge on any atom is 0.280 e. The number of H-pyrrole nitrogens is 1. The van der Waals surface area contributed by atoms with E-state index in [0.29, 0.717) is 18.7 Å². The molecule has 0 aliphatic carbocycles. The average molecular weight is 313 g/mol. The van der Waals surface area contributed by atoms with Crippen LogP contribution in [0.25, 0.3) is 11.2 Å². The van der Waals surface area contributed by atoms with E-state index in [9.17, 15) is 4.79 Å². The van der Waals surface area contributed by atoms with Gasteiger partial charge in [-0.25, -0.2) is 4.98 Å². The molecule has 2 aromatic rings. The molecule has 21 heavy (non-hydrogen) atoms. The molecule has 2 aliphatic rings. The summed E-state index contributed by atoms with van der Waals surface area (Å²) in [5, 5.41) is 0.0212. The molecule has 0 saturated carbocycles. The van der Waals surface area contributed by atoms with Crippen LogP contribution in [0, 0.1) is 0 Å². The van der Waals surface area contributed by atoms with Crippen molar-refractivity contribution in [2.75, 3.05) is 13.4 Å². The normalized spacial score (nSPS) is 32.5. The lowest BCUT2D eigenvalue weighted by Gasteiger charge is -2.26. The number of ether oxygens (including phenoxy) is 3. The van der Waals surface area contributed by atoms with Crippen LogP contribution >= 0.6 is 11.6 Å². The number of halogens is 1. The lowest BCUT2D eigenvalue weighted by atomic mass is 10.1. The molecule has 0 amide bonds. The van der Waals surface area contributed by atoms with Crippen molar-refractivity contribution in [3.05, 3.63) is 22.0 Å². The van der Waals surface area contributed by atoms with Gasteiger partial charge >= 0.3 is 0 Å². The third kappa shape index (κ3) is 1.98. The molecule has 2 saturated heterocycles. The van der Waals surface area contributed by atoms with Crippen molar-refractivity contribution < 1.29 is 14.2 Å². The van der Waals surface area contributed by atoms with Crippen molar-refractivity contribution in [1.82, 2.24) is 19.5 Å². The summed E-state index contributed by atoms with van der Waals surface area (Å²) >= 11 is 5.83. The molecular formula is C12H13ClN4O4. The van der Waals surface area contributed by atoms with E-state index >= 15 is 0 Å². The topological polar surface area (TPSA) is 91.3 Å². The first-order valence-electron chi connectivity index (χ1n) is 6.57. The zero-order valence-corrected chi connectivity index (χ0v) is 12.0. The van der Waals surface area contributed by atoms with Gasteiger partial charge in [0.25, 0.3) is 5.56 Å². The van der Waals surface area contributed by atoms with Gasteiger partial charge in [0, 0.05) is 6.42 Å². The number of hydrogen-bond donors (Lipinski definition) is 1. The van der Waals surface area contributed by atoms with Gasteiger partial charge in [-0.05, 0) is 18.5 Å². The maximum absolute atomic E-state index is 11.8. The number of nitrogens with zero attached hydrogens (tertiary/aromatic N) is 3. The van der Waals surface area contributed by atoms with Gasteiger partial charge in [0.15, 0.2) is 11.2 Å². The van der Waals surface area contributed by atoms with Crippen molar-refractivity contribution in [2.24, 2.45) is 0 Å². The minimum Gasteiger partial charge on any atom is -0.353 e. The van der Waals surface area contributed by atoms with E-state index in [4.69, 9.17) is 25.8 Å². The molecule has 0 bridgehead atoms. The molecule has 0 radical (unpaired) electrons. The fourth-order valence-corrected chi connectivity index (χ4v) is 3.11. The number of hydrogen-bond acceptors (Lipinski definition) is 6. The smallest absolute Gasteiger partial charge is 0.280 e. The standard InChI is InChI=1S/C12H13ClN4O4/c1-12(2-6-7(21-12)3-19-5-20-6)17-4-14-8-9(17)15-11(13)16-10(8)18/h4,6-7H,2-3,5H2,1H3,(H,15,16,18). The maximum atomic E-state index is 11.8. The molecular weight excluding hydrogens is 300 g/mol. The summed E-state index contributed by atoms with van der Waals surface area (Å²) in [6.45, 7) is 2.67. The molecule has 4 heterocycles. The summed E-state index contributed by atoms with van der Waals surface area (Å²) < 4.78 is 18.6. The van der Waals surface area contributed by atoms with E-state index in [0.717, 1.165) is 0 Å². The van der Waals surface area contributed by atoms with Crippen LogP contribution < -0.4 is 5.56 Å². The van der Waals surface area contributed by atoms with E-state index in [1.165, 1.54) is 0 Å². The van der Waals surface area contributed by atoms with Gasteiger partial charge in [-0.15, -0.1) is 0 Å². The molecule has 112 valence electrons. The molecule has 2 aliphatic heterocycles. The van der Waals surface area contributed by atoms with Crippen LogP contribution in [-0.4, -0.2) is 45.1 Å². The summed E-state index contributed by atoms with van der Waals surface area (Å²) in [4.78, 5) is 22.5. The Balaban J connectivity index is 1.81. The highest BCUT2D eigenvalue weighted by Gasteiger charge is 2.47. The largest absolute Gasteiger partial charge is 0.353 e. The Bertz CT molecular complexity index is 743. The van der Waals surface area contributed by atoms with Crippen molar-refractivity contribution in [2.45, 2.75) is 31.3 Å². The van der Waals surface area contributed by atoms with Crippen LogP contribution in [0.15, 0.2) is 11.1 Å². The van der Waals surface area contributed by atoms with Crippen molar-refractivity contribution in [3.8, 4) is 0 Å². The third-order valence-electron chi connectivity index (χ3n) is 3.94. The molecule has 0 spiro atoms. The van der Waals surface area contributed by atoms with E-state index < -0.39 is 5.72 Å². The summed E-state index contributed by atoms with van der Waals surface area (Å²) in [6.07, 6.45) is 1.98. The van der Waals surface area contributed by atoms with E-state index in [-0.39, 0.29) is 35.4 Å². The lowest BCUT2D eigenvalue weighted by Crippen LogP contribution is -2.35. The zero-order valence-electron chi connectivity index (χ0n) is 11.2. The Kier molecular flexibility index (Phi) is 2.83. The first-order valence-corrected chi connectivity index (χ1v) is 6.95. The van der Waals surface area contributed by atoms with Crippen molar-refractivity contribution >= 4 is 22.8 Å². The van der Waals surface area contributed by atoms with Gasteiger partial charge in [0.05, 0.1) is 19.0 Å². The number of nitrogens with one attached hydrogen (secondary N) is 1. The minimum absolute atomic E-state index is 0.0212. The van der Waals surface area contributed by atoms with E-state index in [1.807, 2.05) is 6.92 Å². The quantitative estimate of drug-likeness (QED) is 0.776. The minimum atomic E-state index is -0.706. The highest BCUT2D eigenvalue weighted by atomic mass is 35.5. The predicted octanol–water partition coefficient (Wildman–Crippen LogP) is 0.607. The van der Waals surface area contributed by atoms with E-state index in [1.54, 1.807) is 10.9 Å². The Hall–Kier alpha value is -1.48. The fourth-order valence-electron chi connectivity index (χ4n) is 2.95. The first kappa shape index (κ1) is 13.2. The predicted molar refractivity (Wildman–Crippen MR) is 72.0 cm³/mol. The number of aromatic nitrogens is 4. The van der Waals surface area contributed by atoms with Crippen LogP contribution in [-0.2, 0) is 19.9 Å². The number of fused-ring (bicyclic) bond motifs is 2. The second-order valence-corrected chi connectivity index (χ2v) is 5.73. The molecule has 2 fully saturated rings. The van der Waals surface area contributed by atoms with Crippen LogP contribution in [0.2, 0.25) is 5.28 Å². The molecule has 1 N–H and O–H groups in total. The summed E-state index contributed by atoms with van der Waals surface area (Å²) in [5.41, 5.74) is -0.452. The van der Waals surface area contributed by atoms with Gasteiger partial charge in [-0.2, -0.15) is 4.98 Å². The number of imidazole rings is 1. The molecule has 4 rings (SSSR count). The fraction of sp³-hybridized carbons (Fsp3) is 0.583. The SMILES string of the molecule is CC1(n2cnc3c(=O)[nH]c(Cl)nc32)CC2OCOCC2O1. The first-order chi connectivity index (χ1) is 10.1. The van der Waals surface area contributed by atoms with Crippen molar-refractivity contribution in [1.29, 1.82) is 0 Å². The Labute approximate surface area is 124 Å².